The Hall–Kier alpha value is 0.500. The van der Waals surface area contributed by atoms with E-state index in [-0.39, 0.29) is 6.16 Å². The Morgan fingerprint density at radius 3 is 2.25 bits per heavy atom. The Kier molecular flexibility index (Phi) is 6.28. The zero-order chi connectivity index (χ0) is 9.61. The first-order valence-electron chi connectivity index (χ1n) is 4.16. The molecule has 0 aliphatic heterocycles. The average Bonchev–Trinajstić information content (AvgIpc) is 1.96. The van der Waals surface area contributed by atoms with Gasteiger partial charge in [-0.15, -0.1) is 0 Å². The van der Waals surface area contributed by atoms with Crippen molar-refractivity contribution in [2.24, 2.45) is 0 Å². The summed E-state index contributed by atoms with van der Waals surface area (Å²) in [7, 11) is -3.63. The van der Waals surface area contributed by atoms with Gasteiger partial charge in [-0.05, 0) is 31.2 Å². The summed E-state index contributed by atoms with van der Waals surface area (Å²) in [6.45, 7) is 4.23. The molecular weight excluding hydrogens is 195 g/mol. The predicted molar refractivity (Wildman–Crippen MR) is 52.6 cm³/mol. The monoisotopic (exact) mass is 212 g/mol. The Balaban J connectivity index is 3.48. The smallest absolute Gasteiger partial charge is 0.132 e. The van der Waals surface area contributed by atoms with Crippen molar-refractivity contribution in [3.8, 4) is 0 Å². The molecule has 1 unspecified atom stereocenters. The van der Waals surface area contributed by atoms with Gasteiger partial charge in [0.2, 0.25) is 0 Å². The van der Waals surface area contributed by atoms with Gasteiger partial charge >= 0.3 is 0 Å². The lowest BCUT2D eigenvalue weighted by Gasteiger charge is -2.14. The fourth-order valence-corrected chi connectivity index (χ4v) is 3.27. The largest absolute Gasteiger partial charge is 0.779 e. The Labute approximate surface area is 77.1 Å². The van der Waals surface area contributed by atoms with E-state index >= 15 is 0 Å². The zero-order valence-corrected chi connectivity index (χ0v) is 9.37. The summed E-state index contributed by atoms with van der Waals surface area (Å²) in [5, 5.41) is 0. The van der Waals surface area contributed by atoms with E-state index in [1.165, 1.54) is 0 Å². The molecule has 0 aromatic rings. The fourth-order valence-electron chi connectivity index (χ4n) is 0.961. The zero-order valence-electron chi connectivity index (χ0n) is 7.65. The van der Waals surface area contributed by atoms with Gasteiger partial charge in [0.1, 0.15) is 24.9 Å². The predicted octanol–water partition coefficient (Wildman–Crippen LogP) is 0.580. The minimum atomic E-state index is -3.99. The van der Waals surface area contributed by atoms with E-state index in [4.69, 9.17) is 4.89 Å². The summed E-state index contributed by atoms with van der Waals surface area (Å²) in [6, 6.07) is 0. The summed E-state index contributed by atoms with van der Waals surface area (Å²) in [6.07, 6.45) is 0.540. The van der Waals surface area contributed by atoms with E-state index in [1.807, 2.05) is 0 Å². The van der Waals surface area contributed by atoms with Gasteiger partial charge < -0.3 is 14.4 Å². The molecular formula is C7H17O3PS. The van der Waals surface area contributed by atoms with Crippen molar-refractivity contribution in [3.05, 3.63) is 0 Å². The molecule has 12 heavy (non-hydrogen) atoms. The molecule has 0 radical (unpaired) electrons. The van der Waals surface area contributed by atoms with Crippen LogP contribution in [-0.2, 0) is 15.5 Å². The molecule has 0 spiro atoms. The summed E-state index contributed by atoms with van der Waals surface area (Å²) in [5.74, 6) is 3.16. The minimum absolute atomic E-state index is 0.0590. The van der Waals surface area contributed by atoms with Crippen LogP contribution in [0.1, 0.15) is 20.3 Å². The molecule has 0 fully saturated rings. The first kappa shape index (κ1) is 12.5. The molecule has 0 aliphatic rings. The molecule has 5 heteroatoms. The molecule has 0 aliphatic carbocycles. The van der Waals surface area contributed by atoms with Crippen molar-refractivity contribution in [2.45, 2.75) is 20.3 Å². The van der Waals surface area contributed by atoms with E-state index in [0.717, 1.165) is 17.3 Å². The maximum absolute atomic E-state index is 10.4. The second-order valence-corrected chi connectivity index (χ2v) is 7.12. The molecule has 0 heterocycles. The Morgan fingerprint density at radius 1 is 1.42 bits per heavy atom. The number of rotatable bonds is 6. The quantitative estimate of drug-likeness (QED) is 0.517. The van der Waals surface area contributed by atoms with Crippen LogP contribution in [0.15, 0.2) is 0 Å². The summed E-state index contributed by atoms with van der Waals surface area (Å²) in [4.78, 5) is 18.9. The molecule has 1 N–H and O–H groups in total. The van der Waals surface area contributed by atoms with Crippen LogP contribution in [0.5, 0.6) is 0 Å². The van der Waals surface area contributed by atoms with Gasteiger partial charge in [0.05, 0.1) is 0 Å². The van der Waals surface area contributed by atoms with Crippen molar-refractivity contribution in [2.75, 3.05) is 23.4 Å². The highest BCUT2D eigenvalue weighted by Gasteiger charge is 2.12. The maximum atomic E-state index is 10.4. The Morgan fingerprint density at radius 2 is 1.92 bits per heavy atom. The van der Waals surface area contributed by atoms with Gasteiger partial charge in [0.15, 0.2) is 0 Å². The van der Waals surface area contributed by atoms with Crippen molar-refractivity contribution >= 4 is 18.5 Å². The highest BCUT2D eigenvalue weighted by Crippen LogP contribution is 2.29. The molecule has 1 atom stereocenters. The van der Waals surface area contributed by atoms with Crippen LogP contribution < -0.4 is 4.89 Å². The van der Waals surface area contributed by atoms with Crippen LogP contribution in [0.2, 0.25) is 0 Å². The van der Waals surface area contributed by atoms with Crippen LogP contribution in [0.3, 0.4) is 0 Å². The summed E-state index contributed by atoms with van der Waals surface area (Å²) < 4.78 is 10.4. The van der Waals surface area contributed by atoms with Crippen LogP contribution in [0.4, 0.5) is 0 Å². The van der Waals surface area contributed by atoms with E-state index in [1.54, 1.807) is 0 Å². The van der Waals surface area contributed by atoms with Gasteiger partial charge in [-0.3, -0.25) is 0 Å². The lowest BCUT2D eigenvalue weighted by atomic mass is 10.6. The third kappa shape index (κ3) is 7.17. The second-order valence-electron chi connectivity index (χ2n) is 2.61. The van der Waals surface area contributed by atoms with E-state index in [2.05, 4.69) is 13.8 Å². The van der Waals surface area contributed by atoms with Crippen molar-refractivity contribution in [1.29, 1.82) is 0 Å². The highest BCUT2D eigenvalue weighted by molar-refractivity contribution is 7.96. The first-order chi connectivity index (χ1) is 5.49. The van der Waals surface area contributed by atoms with Crippen molar-refractivity contribution in [1.82, 2.24) is 0 Å². The second kappa shape index (κ2) is 6.03. The lowest BCUT2D eigenvalue weighted by Crippen LogP contribution is -2.15. The highest BCUT2D eigenvalue weighted by atomic mass is 32.2. The third-order valence-corrected chi connectivity index (χ3v) is 5.07. The van der Waals surface area contributed by atoms with Crippen molar-refractivity contribution < 1.29 is 14.4 Å². The molecule has 0 rings (SSSR count). The van der Waals surface area contributed by atoms with E-state index in [9.17, 15) is 9.46 Å². The normalized spacial score (nSPS) is 16.4. The van der Waals surface area contributed by atoms with Crippen LogP contribution in [-0.4, -0.2) is 28.3 Å². The SMILES string of the molecule is CC[S+](CC)CCCP(=O)([O-])O. The maximum Gasteiger partial charge on any atom is 0.132 e. The lowest BCUT2D eigenvalue weighted by molar-refractivity contribution is -0.193. The molecule has 0 saturated heterocycles. The van der Waals surface area contributed by atoms with Gasteiger partial charge in [0, 0.05) is 6.16 Å². The number of hydrogen-bond acceptors (Lipinski definition) is 2. The standard InChI is InChI=1S/C7H17O3PS/c1-3-12(4-2)7-5-6-11(8,9)10/h3-7H2,1-2H3,(H-,8,9,10). The topological polar surface area (TPSA) is 60.4 Å². The molecule has 0 amide bonds. The molecule has 0 aromatic carbocycles. The number of hydrogen-bond donors (Lipinski definition) is 1. The average molecular weight is 212 g/mol. The van der Waals surface area contributed by atoms with Gasteiger partial charge in [-0.2, -0.15) is 0 Å². The molecule has 0 bridgehead atoms. The van der Waals surface area contributed by atoms with Gasteiger partial charge in [0.25, 0.3) is 0 Å². The van der Waals surface area contributed by atoms with E-state index < -0.39 is 7.60 Å². The first-order valence-corrected chi connectivity index (χ1v) is 7.66. The van der Waals surface area contributed by atoms with Crippen LogP contribution >= 0.6 is 7.60 Å². The van der Waals surface area contributed by atoms with Gasteiger partial charge in [-0.25, -0.2) is 0 Å². The van der Waals surface area contributed by atoms with Gasteiger partial charge in [-0.1, -0.05) is 0 Å². The Bertz CT molecular complexity index is 153. The van der Waals surface area contributed by atoms with Crippen LogP contribution in [0.25, 0.3) is 0 Å². The van der Waals surface area contributed by atoms with Crippen LogP contribution in [0, 0.1) is 0 Å². The molecule has 74 valence electrons. The molecule has 0 saturated carbocycles. The fraction of sp³-hybridized carbons (Fsp3) is 1.00. The summed E-state index contributed by atoms with van der Waals surface area (Å²) in [5.41, 5.74) is 0. The van der Waals surface area contributed by atoms with E-state index in [0.29, 0.717) is 17.3 Å². The molecule has 0 aromatic heterocycles. The minimum Gasteiger partial charge on any atom is -0.779 e. The molecule has 3 nitrogen and oxygen atoms in total. The van der Waals surface area contributed by atoms with Crippen molar-refractivity contribution in [3.63, 3.8) is 0 Å². The third-order valence-electron chi connectivity index (χ3n) is 1.69. The summed E-state index contributed by atoms with van der Waals surface area (Å²) >= 11 is 0.